The third kappa shape index (κ3) is 27.4. The van der Waals surface area contributed by atoms with Gasteiger partial charge in [0.05, 0.1) is 0 Å². The van der Waals surface area contributed by atoms with Crippen molar-refractivity contribution in [3.63, 3.8) is 0 Å². The van der Waals surface area contributed by atoms with E-state index in [0.717, 1.165) is 0 Å². The van der Waals surface area contributed by atoms with Gasteiger partial charge in [-0.2, -0.15) is 0 Å². The highest BCUT2D eigenvalue weighted by Crippen LogP contribution is 1.96. The average Bonchev–Trinajstić information content (AvgIpc) is 3.12. The average molecular weight is 645 g/mol. The SMILES string of the molecule is Cc1ccccc1.Cc1ccccc1.Cc1ccccc1.Cc1ccccc1.Cc1ccccc1.Cc1ccccc1.Cc1ccccc1. The molecule has 0 N–H and O–H groups in total. The molecule has 7 rings (SSSR count). The zero-order valence-corrected chi connectivity index (χ0v) is 30.7. The maximum Gasteiger partial charge on any atom is -0.0398 e. The van der Waals surface area contributed by atoms with Gasteiger partial charge in [-0.25, -0.2) is 0 Å². The van der Waals surface area contributed by atoms with Crippen LogP contribution in [0, 0.1) is 48.5 Å². The second-order valence-corrected chi connectivity index (χ2v) is 11.6. The Morgan fingerprint density at radius 2 is 0.224 bits per heavy atom. The fourth-order valence-corrected chi connectivity index (χ4v) is 3.74. The van der Waals surface area contributed by atoms with Gasteiger partial charge in [-0.1, -0.05) is 251 Å². The molecule has 0 heterocycles. The van der Waals surface area contributed by atoms with E-state index in [9.17, 15) is 0 Å². The molecule has 7 aromatic carbocycles. The van der Waals surface area contributed by atoms with Crippen LogP contribution < -0.4 is 0 Å². The summed E-state index contributed by atoms with van der Waals surface area (Å²) in [4.78, 5) is 0. The minimum atomic E-state index is 1.32. The largest absolute Gasteiger partial charge is 0.0622 e. The smallest absolute Gasteiger partial charge is 0.0398 e. The molecule has 0 unspecified atom stereocenters. The first-order chi connectivity index (χ1) is 23.8. The van der Waals surface area contributed by atoms with E-state index in [1.165, 1.54) is 38.9 Å². The fourth-order valence-electron chi connectivity index (χ4n) is 3.74. The van der Waals surface area contributed by atoms with Gasteiger partial charge in [-0.15, -0.1) is 0 Å². The maximum atomic E-state index is 2.08. The summed E-state index contributed by atoms with van der Waals surface area (Å²) in [5, 5.41) is 0. The van der Waals surface area contributed by atoms with Gasteiger partial charge in [0.1, 0.15) is 0 Å². The highest BCUT2D eigenvalue weighted by molar-refractivity contribution is 5.15. The quantitative estimate of drug-likeness (QED) is 0.154. The molecule has 0 nitrogen and oxygen atoms in total. The lowest BCUT2D eigenvalue weighted by molar-refractivity contribution is 1.48. The van der Waals surface area contributed by atoms with Gasteiger partial charge >= 0.3 is 0 Å². The second kappa shape index (κ2) is 28.7. The van der Waals surface area contributed by atoms with Crippen LogP contribution in [-0.4, -0.2) is 0 Å². The highest BCUT2D eigenvalue weighted by Gasteiger charge is 1.76. The molecule has 0 atom stereocenters. The number of hydrogen-bond donors (Lipinski definition) is 0. The lowest BCUT2D eigenvalue weighted by atomic mass is 10.2. The van der Waals surface area contributed by atoms with E-state index < -0.39 is 0 Å². The van der Waals surface area contributed by atoms with Crippen molar-refractivity contribution in [2.75, 3.05) is 0 Å². The molecular weight excluding hydrogens is 589 g/mol. The number of aryl methyl sites for hydroxylation is 7. The van der Waals surface area contributed by atoms with E-state index in [2.05, 4.69) is 133 Å². The van der Waals surface area contributed by atoms with Crippen LogP contribution >= 0.6 is 0 Å². The van der Waals surface area contributed by atoms with Crippen LogP contribution in [0.15, 0.2) is 212 Å². The Balaban J connectivity index is 0.000000286. The molecule has 0 spiro atoms. The molecule has 0 aliphatic rings. The lowest BCUT2D eigenvalue weighted by Crippen LogP contribution is -1.62. The van der Waals surface area contributed by atoms with E-state index in [1.807, 2.05) is 127 Å². The van der Waals surface area contributed by atoms with Crippen molar-refractivity contribution in [2.24, 2.45) is 0 Å². The Kier molecular flexibility index (Phi) is 24.4. The summed E-state index contributed by atoms with van der Waals surface area (Å²) in [5.74, 6) is 0. The second-order valence-electron chi connectivity index (χ2n) is 11.6. The van der Waals surface area contributed by atoms with Crippen molar-refractivity contribution in [3.05, 3.63) is 251 Å². The van der Waals surface area contributed by atoms with Crippen molar-refractivity contribution in [3.8, 4) is 0 Å². The Hall–Kier alpha value is -5.46. The first kappa shape index (κ1) is 41.6. The molecule has 252 valence electrons. The van der Waals surface area contributed by atoms with Crippen LogP contribution in [0.25, 0.3) is 0 Å². The van der Waals surface area contributed by atoms with Crippen LogP contribution in [0.4, 0.5) is 0 Å². The first-order valence-electron chi connectivity index (χ1n) is 16.9. The Morgan fingerprint density at radius 3 is 0.265 bits per heavy atom. The molecule has 0 saturated carbocycles. The van der Waals surface area contributed by atoms with Crippen molar-refractivity contribution < 1.29 is 0 Å². The molecule has 0 bridgehead atoms. The molecule has 0 saturated heterocycles. The molecule has 0 aromatic heterocycles. The predicted octanol–water partition coefficient (Wildman–Crippen LogP) is 14.0. The van der Waals surface area contributed by atoms with Gasteiger partial charge in [0, 0.05) is 0 Å². The molecule has 49 heavy (non-hydrogen) atoms. The van der Waals surface area contributed by atoms with Crippen LogP contribution in [0.3, 0.4) is 0 Å². The molecule has 0 aliphatic carbocycles. The Labute approximate surface area is 298 Å². The number of rotatable bonds is 0. The van der Waals surface area contributed by atoms with Crippen molar-refractivity contribution in [1.29, 1.82) is 0 Å². The van der Waals surface area contributed by atoms with Crippen LogP contribution in [0.1, 0.15) is 38.9 Å². The third-order valence-corrected chi connectivity index (χ3v) is 6.58. The van der Waals surface area contributed by atoms with Crippen LogP contribution in [0.2, 0.25) is 0 Å². The summed E-state index contributed by atoms with van der Waals surface area (Å²) in [6.45, 7) is 14.6. The molecular formula is C49H56. The van der Waals surface area contributed by atoms with Crippen molar-refractivity contribution in [1.82, 2.24) is 0 Å². The monoisotopic (exact) mass is 644 g/mol. The van der Waals surface area contributed by atoms with E-state index in [1.54, 1.807) is 0 Å². The summed E-state index contributed by atoms with van der Waals surface area (Å²) in [6.07, 6.45) is 0. The molecule has 0 radical (unpaired) electrons. The lowest BCUT2D eigenvalue weighted by Gasteiger charge is -1.82. The third-order valence-electron chi connectivity index (χ3n) is 6.58. The maximum absolute atomic E-state index is 2.08. The zero-order valence-electron chi connectivity index (χ0n) is 30.7. The number of benzene rings is 7. The van der Waals surface area contributed by atoms with Gasteiger partial charge < -0.3 is 0 Å². The molecule has 0 amide bonds. The van der Waals surface area contributed by atoms with E-state index in [0.29, 0.717) is 0 Å². The van der Waals surface area contributed by atoms with Crippen LogP contribution in [0.5, 0.6) is 0 Å². The summed E-state index contributed by atoms with van der Waals surface area (Å²) in [6, 6.07) is 71.8. The fraction of sp³-hybridized carbons (Fsp3) is 0.143. The summed E-state index contributed by atoms with van der Waals surface area (Å²) >= 11 is 0. The van der Waals surface area contributed by atoms with Crippen LogP contribution in [-0.2, 0) is 0 Å². The van der Waals surface area contributed by atoms with E-state index in [-0.39, 0.29) is 0 Å². The standard InChI is InChI=1S/7C7H8/c7*1-7-5-3-2-4-6-7/h7*2-6H,1H3. The number of hydrogen-bond acceptors (Lipinski definition) is 0. The molecule has 0 aliphatic heterocycles. The molecule has 0 heteroatoms. The van der Waals surface area contributed by atoms with E-state index >= 15 is 0 Å². The van der Waals surface area contributed by atoms with Gasteiger partial charge in [0.25, 0.3) is 0 Å². The van der Waals surface area contributed by atoms with Crippen molar-refractivity contribution in [2.45, 2.75) is 48.5 Å². The topological polar surface area (TPSA) is 0 Å². The normalized spacial score (nSPS) is 8.71. The van der Waals surface area contributed by atoms with E-state index in [4.69, 9.17) is 0 Å². The zero-order chi connectivity index (χ0) is 35.8. The molecule has 0 fully saturated rings. The minimum absolute atomic E-state index is 1.32. The molecule has 7 aromatic rings. The van der Waals surface area contributed by atoms with Gasteiger partial charge in [-0.05, 0) is 48.5 Å². The minimum Gasteiger partial charge on any atom is -0.0622 e. The highest BCUT2D eigenvalue weighted by atomic mass is 13.8. The van der Waals surface area contributed by atoms with Gasteiger partial charge in [0.15, 0.2) is 0 Å². The Morgan fingerprint density at radius 1 is 0.143 bits per heavy atom. The summed E-state index contributed by atoms with van der Waals surface area (Å²) in [5.41, 5.74) is 9.25. The van der Waals surface area contributed by atoms with Gasteiger partial charge in [-0.3, -0.25) is 0 Å². The Bertz CT molecular complexity index is 1280. The van der Waals surface area contributed by atoms with Crippen molar-refractivity contribution >= 4 is 0 Å². The van der Waals surface area contributed by atoms with Gasteiger partial charge in [0.2, 0.25) is 0 Å². The summed E-state index contributed by atoms with van der Waals surface area (Å²) < 4.78 is 0. The summed E-state index contributed by atoms with van der Waals surface area (Å²) in [7, 11) is 0. The predicted molar refractivity (Wildman–Crippen MR) is 218 cm³/mol. The first-order valence-corrected chi connectivity index (χ1v) is 16.9.